The van der Waals surface area contributed by atoms with Crippen molar-refractivity contribution in [2.24, 2.45) is 4.99 Å². The highest BCUT2D eigenvalue weighted by atomic mass is 32.2. The molecule has 0 aromatic carbocycles. The largest absolute Gasteiger partial charge is 0.381 e. The first-order valence-corrected chi connectivity index (χ1v) is 11.8. The summed E-state index contributed by atoms with van der Waals surface area (Å²) in [5.41, 5.74) is 0. The topological polar surface area (TPSA) is 45.7 Å². The number of guanidine groups is 1. The number of nitrogens with zero attached hydrogens (tertiary/aromatic N) is 1. The van der Waals surface area contributed by atoms with E-state index in [0.29, 0.717) is 6.04 Å². The molecule has 4 nitrogen and oxygen atoms in total. The van der Waals surface area contributed by atoms with E-state index in [4.69, 9.17) is 9.73 Å². The third-order valence-corrected chi connectivity index (χ3v) is 7.56. The summed E-state index contributed by atoms with van der Waals surface area (Å²) in [5.74, 6) is 2.16. The van der Waals surface area contributed by atoms with Gasteiger partial charge in [0.1, 0.15) is 0 Å². The van der Waals surface area contributed by atoms with Gasteiger partial charge in [0, 0.05) is 35.8 Å². The van der Waals surface area contributed by atoms with E-state index in [2.05, 4.69) is 42.5 Å². The van der Waals surface area contributed by atoms with Gasteiger partial charge in [0.05, 0.1) is 6.54 Å². The molecule has 2 atom stereocenters. The lowest BCUT2D eigenvalue weighted by atomic mass is 9.95. The molecular formula is C18H35N3OS2. The number of hydrogen-bond acceptors (Lipinski definition) is 4. The monoisotopic (exact) mass is 373 g/mol. The first-order chi connectivity index (χ1) is 11.7. The van der Waals surface area contributed by atoms with Gasteiger partial charge < -0.3 is 15.4 Å². The molecule has 2 rings (SSSR count). The second kappa shape index (κ2) is 10.8. The van der Waals surface area contributed by atoms with Gasteiger partial charge in [0.25, 0.3) is 0 Å². The van der Waals surface area contributed by atoms with Crippen LogP contribution in [-0.4, -0.2) is 60.3 Å². The van der Waals surface area contributed by atoms with E-state index in [0.717, 1.165) is 56.1 Å². The number of aliphatic imine (C=N–C) groups is 1. The van der Waals surface area contributed by atoms with Gasteiger partial charge >= 0.3 is 0 Å². The molecule has 2 fully saturated rings. The summed E-state index contributed by atoms with van der Waals surface area (Å²) < 4.78 is 5.84. The maximum Gasteiger partial charge on any atom is 0.191 e. The number of hydrogen-bond donors (Lipinski definition) is 2. The summed E-state index contributed by atoms with van der Waals surface area (Å²) >= 11 is 4.08. The van der Waals surface area contributed by atoms with Crippen LogP contribution in [0.15, 0.2) is 4.99 Å². The molecule has 1 saturated heterocycles. The van der Waals surface area contributed by atoms with Crippen LogP contribution in [0.1, 0.15) is 52.4 Å². The molecule has 0 aromatic heterocycles. The normalized spacial score (nSPS) is 27.7. The van der Waals surface area contributed by atoms with Gasteiger partial charge in [0.2, 0.25) is 0 Å². The zero-order chi connectivity index (χ0) is 17.3. The smallest absolute Gasteiger partial charge is 0.191 e. The summed E-state index contributed by atoms with van der Waals surface area (Å²) in [6.45, 7) is 7.97. The van der Waals surface area contributed by atoms with Crippen LogP contribution in [0.2, 0.25) is 0 Å². The summed E-state index contributed by atoms with van der Waals surface area (Å²) in [4.78, 5) is 4.98. The van der Waals surface area contributed by atoms with E-state index in [1.165, 1.54) is 25.7 Å². The average molecular weight is 374 g/mol. The quantitative estimate of drug-likeness (QED) is 0.528. The Kier molecular flexibility index (Phi) is 9.12. The SMILES string of the molecule is CCNC(=NCC1(SCC)CCOCC1)NC1CCCC(SC)C1. The predicted molar refractivity (Wildman–Crippen MR) is 110 cm³/mol. The molecule has 1 heterocycles. The van der Waals surface area contributed by atoms with Crippen molar-refractivity contribution < 1.29 is 4.74 Å². The van der Waals surface area contributed by atoms with E-state index in [1.54, 1.807) is 0 Å². The Morgan fingerprint density at radius 2 is 2.04 bits per heavy atom. The minimum atomic E-state index is 0.268. The molecule has 0 radical (unpaired) electrons. The molecule has 0 amide bonds. The molecule has 2 unspecified atom stereocenters. The third-order valence-electron chi connectivity index (χ3n) is 5.02. The van der Waals surface area contributed by atoms with Crippen molar-refractivity contribution in [1.82, 2.24) is 10.6 Å². The predicted octanol–water partition coefficient (Wildman–Crippen LogP) is 3.52. The van der Waals surface area contributed by atoms with E-state index in [1.807, 2.05) is 11.8 Å². The summed E-state index contributed by atoms with van der Waals surface area (Å²) in [6.07, 6.45) is 9.69. The van der Waals surface area contributed by atoms with Crippen LogP contribution >= 0.6 is 23.5 Å². The molecular weight excluding hydrogens is 338 g/mol. The standard InChI is InChI=1S/C18H35N3OS2/c1-4-19-17(21-15-7-6-8-16(13-15)23-3)20-14-18(24-5-2)9-11-22-12-10-18/h15-16H,4-14H2,1-3H3,(H2,19,20,21). The number of ether oxygens (including phenoxy) is 1. The molecule has 0 bridgehead atoms. The molecule has 0 spiro atoms. The van der Waals surface area contributed by atoms with Crippen molar-refractivity contribution in [3.63, 3.8) is 0 Å². The first kappa shape index (κ1) is 20.2. The fraction of sp³-hybridized carbons (Fsp3) is 0.944. The van der Waals surface area contributed by atoms with Crippen LogP contribution in [0.3, 0.4) is 0 Å². The lowest BCUT2D eigenvalue weighted by Gasteiger charge is -2.35. The van der Waals surface area contributed by atoms with Crippen LogP contribution in [0.4, 0.5) is 0 Å². The van der Waals surface area contributed by atoms with Crippen molar-refractivity contribution in [2.75, 3.05) is 38.3 Å². The van der Waals surface area contributed by atoms with E-state index in [-0.39, 0.29) is 4.75 Å². The first-order valence-electron chi connectivity index (χ1n) is 9.50. The Morgan fingerprint density at radius 1 is 1.25 bits per heavy atom. The van der Waals surface area contributed by atoms with Gasteiger partial charge in [-0.2, -0.15) is 23.5 Å². The summed E-state index contributed by atoms with van der Waals surface area (Å²) in [6, 6.07) is 0.568. The number of rotatable bonds is 7. The Labute approximate surface area is 156 Å². The summed E-state index contributed by atoms with van der Waals surface area (Å²) in [5, 5.41) is 7.96. The zero-order valence-corrected chi connectivity index (χ0v) is 17.2. The fourth-order valence-corrected chi connectivity index (χ4v) is 5.68. The maximum atomic E-state index is 5.58. The Morgan fingerprint density at radius 3 is 2.71 bits per heavy atom. The zero-order valence-electron chi connectivity index (χ0n) is 15.6. The molecule has 1 aliphatic heterocycles. The van der Waals surface area contributed by atoms with Gasteiger partial charge in [-0.05, 0) is 51.0 Å². The Balaban J connectivity index is 1.95. The second-order valence-electron chi connectivity index (χ2n) is 6.79. The maximum absolute atomic E-state index is 5.58. The van der Waals surface area contributed by atoms with Crippen LogP contribution in [0.5, 0.6) is 0 Å². The highest BCUT2D eigenvalue weighted by molar-refractivity contribution is 8.00. The number of thioether (sulfide) groups is 2. The molecule has 1 saturated carbocycles. The lowest BCUT2D eigenvalue weighted by molar-refractivity contribution is 0.0793. The molecule has 24 heavy (non-hydrogen) atoms. The van der Waals surface area contributed by atoms with E-state index < -0.39 is 0 Å². The van der Waals surface area contributed by atoms with Crippen molar-refractivity contribution in [3.05, 3.63) is 0 Å². The van der Waals surface area contributed by atoms with E-state index >= 15 is 0 Å². The van der Waals surface area contributed by atoms with Crippen LogP contribution in [-0.2, 0) is 4.74 Å². The fourth-order valence-electron chi connectivity index (χ4n) is 3.62. The minimum absolute atomic E-state index is 0.268. The molecule has 2 N–H and O–H groups in total. The lowest BCUT2D eigenvalue weighted by Crippen LogP contribution is -2.46. The molecule has 1 aliphatic carbocycles. The van der Waals surface area contributed by atoms with Crippen molar-refractivity contribution in [3.8, 4) is 0 Å². The third kappa shape index (κ3) is 6.34. The van der Waals surface area contributed by atoms with Gasteiger partial charge in [-0.1, -0.05) is 13.3 Å². The van der Waals surface area contributed by atoms with Gasteiger partial charge in [-0.3, -0.25) is 4.99 Å². The molecule has 140 valence electrons. The summed E-state index contributed by atoms with van der Waals surface area (Å²) in [7, 11) is 0. The average Bonchev–Trinajstić information content (AvgIpc) is 2.61. The minimum Gasteiger partial charge on any atom is -0.381 e. The molecule has 2 aliphatic rings. The van der Waals surface area contributed by atoms with Crippen molar-refractivity contribution in [1.29, 1.82) is 0 Å². The van der Waals surface area contributed by atoms with Gasteiger partial charge in [-0.15, -0.1) is 0 Å². The van der Waals surface area contributed by atoms with Gasteiger partial charge in [0.15, 0.2) is 5.96 Å². The van der Waals surface area contributed by atoms with Crippen LogP contribution in [0.25, 0.3) is 0 Å². The van der Waals surface area contributed by atoms with Crippen molar-refractivity contribution in [2.45, 2.75) is 68.4 Å². The Bertz CT molecular complexity index is 381. The highest BCUT2D eigenvalue weighted by Crippen LogP contribution is 2.35. The second-order valence-corrected chi connectivity index (χ2v) is 9.66. The molecule has 0 aromatic rings. The Hall–Kier alpha value is -0.0700. The van der Waals surface area contributed by atoms with Crippen LogP contribution in [0, 0.1) is 0 Å². The van der Waals surface area contributed by atoms with E-state index in [9.17, 15) is 0 Å². The molecule has 6 heteroatoms. The van der Waals surface area contributed by atoms with Gasteiger partial charge in [-0.25, -0.2) is 0 Å². The number of nitrogens with one attached hydrogen (secondary N) is 2. The van der Waals surface area contributed by atoms with Crippen LogP contribution < -0.4 is 10.6 Å². The van der Waals surface area contributed by atoms with Crippen molar-refractivity contribution >= 4 is 29.5 Å². The highest BCUT2D eigenvalue weighted by Gasteiger charge is 2.32.